The van der Waals surface area contributed by atoms with Gasteiger partial charge in [0.2, 0.25) is 0 Å². The van der Waals surface area contributed by atoms with Gasteiger partial charge < -0.3 is 4.57 Å². The quantitative estimate of drug-likeness (QED) is 0.851. The maximum atomic E-state index is 4.46. The molecule has 0 radical (unpaired) electrons. The van der Waals surface area contributed by atoms with Gasteiger partial charge in [-0.3, -0.25) is 4.90 Å². The number of thiazole rings is 1. The number of rotatable bonds is 3. The Hall–Kier alpha value is -1.20. The zero-order chi connectivity index (χ0) is 12.4. The molecule has 0 spiro atoms. The van der Waals surface area contributed by atoms with E-state index in [1.807, 2.05) is 18.6 Å². The van der Waals surface area contributed by atoms with Crippen LogP contribution in [0.4, 0.5) is 0 Å². The molecule has 5 heteroatoms. The van der Waals surface area contributed by atoms with Gasteiger partial charge >= 0.3 is 0 Å². The smallest absolute Gasteiger partial charge is 0.122 e. The number of hydrogen-bond donors (Lipinski definition) is 0. The van der Waals surface area contributed by atoms with Crippen LogP contribution in [-0.2, 0) is 13.6 Å². The predicted octanol–water partition coefficient (Wildman–Crippen LogP) is 2.26. The van der Waals surface area contributed by atoms with Gasteiger partial charge in [-0.05, 0) is 19.4 Å². The highest BCUT2D eigenvalue weighted by Crippen LogP contribution is 2.28. The standard InChI is InChI=1S/C13H18N4S/c1-16-7-4-14-12(16)10-17-6-2-3-11(9-17)13-15-5-8-18-13/h4-5,7-8,11H,2-3,6,9-10H2,1H3. The molecule has 1 aliphatic rings. The fourth-order valence-corrected chi connectivity index (χ4v) is 3.35. The number of nitrogens with zero attached hydrogens (tertiary/aromatic N) is 4. The maximum Gasteiger partial charge on any atom is 0.122 e. The fraction of sp³-hybridized carbons (Fsp3) is 0.538. The van der Waals surface area contributed by atoms with E-state index in [4.69, 9.17) is 0 Å². The molecule has 2 aromatic heterocycles. The lowest BCUT2D eigenvalue weighted by Crippen LogP contribution is -2.34. The Labute approximate surface area is 111 Å². The molecule has 0 amide bonds. The summed E-state index contributed by atoms with van der Waals surface area (Å²) < 4.78 is 2.10. The van der Waals surface area contributed by atoms with Crippen molar-refractivity contribution in [3.05, 3.63) is 34.8 Å². The first kappa shape index (κ1) is 11.9. The fourth-order valence-electron chi connectivity index (χ4n) is 2.59. The van der Waals surface area contributed by atoms with Crippen LogP contribution in [0.2, 0.25) is 0 Å². The van der Waals surface area contributed by atoms with E-state index in [0.29, 0.717) is 5.92 Å². The van der Waals surface area contributed by atoms with Gasteiger partial charge in [0.25, 0.3) is 0 Å². The normalized spacial score (nSPS) is 21.3. The summed E-state index contributed by atoms with van der Waals surface area (Å²) in [5, 5.41) is 3.37. The Kier molecular flexibility index (Phi) is 3.43. The van der Waals surface area contributed by atoms with Gasteiger partial charge in [0.15, 0.2) is 0 Å². The Morgan fingerprint density at radius 2 is 2.33 bits per heavy atom. The first-order valence-electron chi connectivity index (χ1n) is 6.41. The van der Waals surface area contributed by atoms with Crippen LogP contribution in [0.15, 0.2) is 24.0 Å². The first-order valence-corrected chi connectivity index (χ1v) is 7.29. The van der Waals surface area contributed by atoms with Gasteiger partial charge in [0.1, 0.15) is 5.82 Å². The van der Waals surface area contributed by atoms with E-state index in [-0.39, 0.29) is 0 Å². The highest BCUT2D eigenvalue weighted by molar-refractivity contribution is 7.09. The topological polar surface area (TPSA) is 34.0 Å². The molecule has 3 rings (SSSR count). The maximum absolute atomic E-state index is 4.46. The molecule has 0 aromatic carbocycles. The van der Waals surface area contributed by atoms with Crippen LogP contribution in [0.5, 0.6) is 0 Å². The van der Waals surface area contributed by atoms with E-state index in [0.717, 1.165) is 18.9 Å². The Balaban J connectivity index is 1.66. The monoisotopic (exact) mass is 262 g/mol. The van der Waals surface area contributed by atoms with Crippen molar-refractivity contribution in [3.63, 3.8) is 0 Å². The van der Waals surface area contributed by atoms with Crippen molar-refractivity contribution in [2.75, 3.05) is 13.1 Å². The first-order chi connectivity index (χ1) is 8.83. The number of hydrogen-bond acceptors (Lipinski definition) is 4. The largest absolute Gasteiger partial charge is 0.337 e. The molecule has 0 bridgehead atoms. The van der Waals surface area contributed by atoms with Crippen LogP contribution in [0.25, 0.3) is 0 Å². The zero-order valence-corrected chi connectivity index (χ0v) is 11.4. The molecule has 1 unspecified atom stereocenters. The number of imidazole rings is 1. The van der Waals surface area contributed by atoms with E-state index in [9.17, 15) is 0 Å². The second kappa shape index (κ2) is 5.20. The molecular weight excluding hydrogens is 244 g/mol. The second-order valence-corrected chi connectivity index (χ2v) is 5.83. The molecule has 1 aliphatic heterocycles. The Morgan fingerprint density at radius 1 is 1.39 bits per heavy atom. The van der Waals surface area contributed by atoms with Crippen LogP contribution in [-0.4, -0.2) is 32.5 Å². The molecular formula is C13H18N4S. The summed E-state index contributed by atoms with van der Waals surface area (Å²) in [7, 11) is 2.06. The molecule has 96 valence electrons. The van der Waals surface area contributed by atoms with Crippen LogP contribution in [0, 0.1) is 0 Å². The van der Waals surface area contributed by atoms with Gasteiger partial charge in [-0.1, -0.05) is 0 Å². The summed E-state index contributed by atoms with van der Waals surface area (Å²) in [5.41, 5.74) is 0. The van der Waals surface area contributed by atoms with Crippen LogP contribution < -0.4 is 0 Å². The highest BCUT2D eigenvalue weighted by atomic mass is 32.1. The van der Waals surface area contributed by atoms with E-state index < -0.39 is 0 Å². The molecule has 2 aromatic rings. The minimum atomic E-state index is 0.610. The van der Waals surface area contributed by atoms with E-state index in [1.54, 1.807) is 11.3 Å². The molecule has 0 aliphatic carbocycles. The van der Waals surface area contributed by atoms with Crippen molar-refractivity contribution in [1.29, 1.82) is 0 Å². The average molecular weight is 262 g/mol. The molecule has 3 heterocycles. The summed E-state index contributed by atoms with van der Waals surface area (Å²) in [4.78, 5) is 11.4. The molecule has 1 saturated heterocycles. The molecule has 1 fully saturated rings. The van der Waals surface area contributed by atoms with Crippen LogP contribution in [0.3, 0.4) is 0 Å². The van der Waals surface area contributed by atoms with E-state index >= 15 is 0 Å². The minimum Gasteiger partial charge on any atom is -0.337 e. The Morgan fingerprint density at radius 3 is 3.06 bits per heavy atom. The van der Waals surface area contributed by atoms with Crippen LogP contribution in [0.1, 0.15) is 29.6 Å². The summed E-state index contributed by atoms with van der Waals surface area (Å²) in [5.74, 6) is 1.76. The minimum absolute atomic E-state index is 0.610. The van der Waals surface area contributed by atoms with Gasteiger partial charge in [-0.15, -0.1) is 11.3 Å². The molecule has 1 atom stereocenters. The third-order valence-corrected chi connectivity index (χ3v) is 4.53. The highest BCUT2D eigenvalue weighted by Gasteiger charge is 2.23. The van der Waals surface area contributed by atoms with Crippen molar-refractivity contribution in [3.8, 4) is 0 Å². The van der Waals surface area contributed by atoms with Gasteiger partial charge in [-0.2, -0.15) is 0 Å². The summed E-state index contributed by atoms with van der Waals surface area (Å²) >= 11 is 1.78. The SMILES string of the molecule is Cn1ccnc1CN1CCCC(c2nccs2)C1. The summed E-state index contributed by atoms with van der Waals surface area (Å²) in [6.07, 6.45) is 8.33. The van der Waals surface area contributed by atoms with Gasteiger partial charge in [0.05, 0.1) is 11.6 Å². The van der Waals surface area contributed by atoms with Crippen molar-refractivity contribution < 1.29 is 0 Å². The molecule has 4 nitrogen and oxygen atoms in total. The lowest BCUT2D eigenvalue weighted by molar-refractivity contribution is 0.194. The number of aryl methyl sites for hydroxylation is 1. The number of likely N-dealkylation sites (tertiary alicyclic amines) is 1. The van der Waals surface area contributed by atoms with Gasteiger partial charge in [-0.25, -0.2) is 9.97 Å². The van der Waals surface area contributed by atoms with E-state index in [2.05, 4.69) is 31.9 Å². The predicted molar refractivity (Wildman–Crippen MR) is 72.6 cm³/mol. The summed E-state index contributed by atoms with van der Waals surface area (Å²) in [6.45, 7) is 3.24. The van der Waals surface area contributed by atoms with Crippen molar-refractivity contribution in [2.24, 2.45) is 7.05 Å². The number of aromatic nitrogens is 3. The Bertz CT molecular complexity index is 491. The molecule has 18 heavy (non-hydrogen) atoms. The average Bonchev–Trinajstić information content (AvgIpc) is 3.02. The zero-order valence-electron chi connectivity index (χ0n) is 10.6. The summed E-state index contributed by atoms with van der Waals surface area (Å²) in [6, 6.07) is 0. The van der Waals surface area contributed by atoms with Crippen LogP contribution >= 0.6 is 11.3 Å². The van der Waals surface area contributed by atoms with E-state index in [1.165, 1.54) is 24.4 Å². The third kappa shape index (κ3) is 2.47. The van der Waals surface area contributed by atoms with Crippen molar-refractivity contribution in [1.82, 2.24) is 19.4 Å². The van der Waals surface area contributed by atoms with Gasteiger partial charge in [0, 0.05) is 43.5 Å². The molecule has 0 N–H and O–H groups in total. The van der Waals surface area contributed by atoms with Crippen molar-refractivity contribution in [2.45, 2.75) is 25.3 Å². The van der Waals surface area contributed by atoms with Crippen molar-refractivity contribution >= 4 is 11.3 Å². The lowest BCUT2D eigenvalue weighted by Gasteiger charge is -2.31. The second-order valence-electron chi connectivity index (χ2n) is 4.90. The lowest BCUT2D eigenvalue weighted by atomic mass is 9.99. The number of piperidine rings is 1. The molecule has 0 saturated carbocycles. The third-order valence-electron chi connectivity index (χ3n) is 3.59.